The number of benzene rings is 1. The van der Waals surface area contributed by atoms with E-state index < -0.39 is 0 Å². The fourth-order valence-corrected chi connectivity index (χ4v) is 1.88. The van der Waals surface area contributed by atoms with Crippen molar-refractivity contribution < 1.29 is 4.74 Å². The summed E-state index contributed by atoms with van der Waals surface area (Å²) < 4.78 is 6.36. The molecule has 3 nitrogen and oxygen atoms in total. The van der Waals surface area contributed by atoms with Crippen LogP contribution in [0.4, 0.5) is 11.4 Å². The van der Waals surface area contributed by atoms with Crippen molar-refractivity contribution >= 4 is 34.0 Å². The number of hydrogen-bond donors (Lipinski definition) is 1. The van der Waals surface area contributed by atoms with Crippen LogP contribution < -0.4 is 10.1 Å². The van der Waals surface area contributed by atoms with Crippen LogP contribution in [0.5, 0.6) is 5.75 Å². The Morgan fingerprint density at radius 1 is 1.25 bits per heavy atom. The van der Waals surface area contributed by atoms with Crippen molar-refractivity contribution in [3.8, 4) is 5.75 Å². The maximum absolute atomic E-state index is 5.26. The zero-order valence-corrected chi connectivity index (χ0v) is 10.9. The predicted molar refractivity (Wildman–Crippen MR) is 73.2 cm³/mol. The van der Waals surface area contributed by atoms with Gasteiger partial charge in [0.25, 0.3) is 0 Å². The monoisotopic (exact) mass is 326 g/mol. The quantitative estimate of drug-likeness (QED) is 0.878. The van der Waals surface area contributed by atoms with Crippen LogP contribution in [0.15, 0.2) is 42.7 Å². The molecule has 0 spiro atoms. The van der Waals surface area contributed by atoms with Gasteiger partial charge < -0.3 is 10.1 Å². The first-order valence-electron chi connectivity index (χ1n) is 4.80. The zero-order valence-electron chi connectivity index (χ0n) is 8.77. The highest BCUT2D eigenvalue weighted by molar-refractivity contribution is 14.1. The standard InChI is InChI=1S/C12H11IN2O/c1-16-12-5-3-2-4-11(12)15-10-6-9(13)7-14-8-10/h2-8,15H,1H3. The van der Waals surface area contributed by atoms with E-state index in [1.807, 2.05) is 36.5 Å². The van der Waals surface area contributed by atoms with Gasteiger partial charge in [0.15, 0.2) is 0 Å². The fourth-order valence-electron chi connectivity index (χ4n) is 1.38. The van der Waals surface area contributed by atoms with Gasteiger partial charge in [-0.25, -0.2) is 0 Å². The lowest BCUT2D eigenvalue weighted by Crippen LogP contribution is -1.95. The summed E-state index contributed by atoms with van der Waals surface area (Å²) in [6.45, 7) is 0. The molecule has 0 unspecified atom stereocenters. The lowest BCUT2D eigenvalue weighted by molar-refractivity contribution is 0.417. The third kappa shape index (κ3) is 2.63. The molecule has 2 rings (SSSR count). The van der Waals surface area contributed by atoms with Crippen molar-refractivity contribution in [3.63, 3.8) is 0 Å². The average molecular weight is 326 g/mol. The van der Waals surface area contributed by atoms with E-state index in [2.05, 4.69) is 32.9 Å². The van der Waals surface area contributed by atoms with Crippen LogP contribution >= 0.6 is 22.6 Å². The maximum Gasteiger partial charge on any atom is 0.142 e. The Kier molecular flexibility index (Phi) is 3.61. The Bertz CT molecular complexity index is 488. The molecule has 82 valence electrons. The van der Waals surface area contributed by atoms with Crippen LogP contribution in [0.2, 0.25) is 0 Å². The summed E-state index contributed by atoms with van der Waals surface area (Å²) >= 11 is 2.23. The summed E-state index contributed by atoms with van der Waals surface area (Å²) in [5.41, 5.74) is 1.89. The van der Waals surface area contributed by atoms with E-state index in [1.54, 1.807) is 13.3 Å². The average Bonchev–Trinajstić information content (AvgIpc) is 2.30. The highest BCUT2D eigenvalue weighted by Gasteiger charge is 2.01. The molecule has 2 aromatic rings. The highest BCUT2D eigenvalue weighted by Crippen LogP contribution is 2.26. The minimum absolute atomic E-state index is 0.821. The van der Waals surface area contributed by atoms with Crippen LogP contribution in [0, 0.1) is 3.57 Å². The number of nitrogens with zero attached hydrogens (tertiary/aromatic N) is 1. The molecule has 0 amide bonds. The summed E-state index contributed by atoms with van der Waals surface area (Å²) in [5, 5.41) is 3.27. The largest absolute Gasteiger partial charge is 0.495 e. The van der Waals surface area contributed by atoms with Gasteiger partial charge in [-0.2, -0.15) is 0 Å². The van der Waals surface area contributed by atoms with Crippen LogP contribution in [-0.2, 0) is 0 Å². The number of pyridine rings is 1. The fraction of sp³-hybridized carbons (Fsp3) is 0.0833. The molecule has 4 heteroatoms. The number of aromatic nitrogens is 1. The lowest BCUT2D eigenvalue weighted by Gasteiger charge is -2.10. The van der Waals surface area contributed by atoms with Crippen molar-refractivity contribution in [1.29, 1.82) is 0 Å². The normalized spacial score (nSPS) is 9.88. The number of hydrogen-bond acceptors (Lipinski definition) is 3. The smallest absolute Gasteiger partial charge is 0.142 e. The third-order valence-electron chi connectivity index (χ3n) is 2.09. The first kappa shape index (κ1) is 11.2. The summed E-state index contributed by atoms with van der Waals surface area (Å²) in [5.74, 6) is 0.821. The Balaban J connectivity index is 2.26. The van der Waals surface area contributed by atoms with Gasteiger partial charge in [0.1, 0.15) is 5.75 Å². The number of methoxy groups -OCH3 is 1. The molecule has 1 N–H and O–H groups in total. The van der Waals surface area contributed by atoms with Gasteiger partial charge in [-0.3, -0.25) is 4.98 Å². The molecule has 0 aliphatic heterocycles. The minimum Gasteiger partial charge on any atom is -0.495 e. The molecule has 1 aromatic heterocycles. The van der Waals surface area contributed by atoms with Crippen LogP contribution in [0.3, 0.4) is 0 Å². The summed E-state index contributed by atoms with van der Waals surface area (Å²) in [6, 6.07) is 9.82. The van der Waals surface area contributed by atoms with Gasteiger partial charge in [-0.05, 0) is 40.8 Å². The highest BCUT2D eigenvalue weighted by atomic mass is 127. The molecule has 0 aliphatic carbocycles. The predicted octanol–water partition coefficient (Wildman–Crippen LogP) is 3.44. The zero-order chi connectivity index (χ0) is 11.4. The number of rotatable bonds is 3. The summed E-state index contributed by atoms with van der Waals surface area (Å²) in [7, 11) is 1.66. The van der Waals surface area contributed by atoms with E-state index in [4.69, 9.17) is 4.74 Å². The Labute approximate surface area is 108 Å². The van der Waals surface area contributed by atoms with Gasteiger partial charge >= 0.3 is 0 Å². The van der Waals surface area contributed by atoms with E-state index in [1.165, 1.54) is 0 Å². The third-order valence-corrected chi connectivity index (χ3v) is 2.68. The first-order valence-corrected chi connectivity index (χ1v) is 5.88. The maximum atomic E-state index is 5.26. The second-order valence-corrected chi connectivity index (χ2v) is 4.46. The second kappa shape index (κ2) is 5.16. The lowest BCUT2D eigenvalue weighted by atomic mass is 10.3. The first-order chi connectivity index (χ1) is 7.79. The summed E-state index contributed by atoms with van der Waals surface area (Å²) in [6.07, 6.45) is 3.60. The molecule has 0 saturated carbocycles. The number of nitrogens with one attached hydrogen (secondary N) is 1. The van der Waals surface area contributed by atoms with Crippen molar-refractivity contribution in [2.75, 3.05) is 12.4 Å². The molecule has 0 radical (unpaired) electrons. The SMILES string of the molecule is COc1ccccc1Nc1cncc(I)c1. The molecule has 0 aliphatic rings. The second-order valence-electron chi connectivity index (χ2n) is 3.22. The van der Waals surface area contributed by atoms with Crippen molar-refractivity contribution in [2.45, 2.75) is 0 Å². The molecule has 1 aromatic carbocycles. The van der Waals surface area contributed by atoms with Crippen molar-refractivity contribution in [3.05, 3.63) is 46.3 Å². The van der Waals surface area contributed by atoms with Gasteiger partial charge in [0.05, 0.1) is 24.7 Å². The molecular formula is C12H11IN2O. The number of halogens is 1. The number of ether oxygens (including phenoxy) is 1. The van der Waals surface area contributed by atoms with Gasteiger partial charge in [-0.15, -0.1) is 0 Å². The van der Waals surface area contributed by atoms with E-state index in [0.29, 0.717) is 0 Å². The van der Waals surface area contributed by atoms with Crippen molar-refractivity contribution in [1.82, 2.24) is 4.98 Å². The Hall–Kier alpha value is -1.30. The van der Waals surface area contributed by atoms with Gasteiger partial charge in [-0.1, -0.05) is 12.1 Å². The van der Waals surface area contributed by atoms with E-state index in [0.717, 1.165) is 20.7 Å². The van der Waals surface area contributed by atoms with E-state index in [9.17, 15) is 0 Å². The van der Waals surface area contributed by atoms with E-state index >= 15 is 0 Å². The minimum atomic E-state index is 0.821. The molecule has 0 saturated heterocycles. The topological polar surface area (TPSA) is 34.1 Å². The number of anilines is 2. The molecule has 1 heterocycles. The molecule has 0 fully saturated rings. The molecule has 0 bridgehead atoms. The summed E-state index contributed by atoms with van der Waals surface area (Å²) in [4.78, 5) is 4.13. The van der Waals surface area contributed by atoms with Crippen LogP contribution in [0.1, 0.15) is 0 Å². The molecule has 0 atom stereocenters. The Morgan fingerprint density at radius 3 is 2.81 bits per heavy atom. The molecular weight excluding hydrogens is 315 g/mol. The molecule has 16 heavy (non-hydrogen) atoms. The van der Waals surface area contributed by atoms with Gasteiger partial charge in [0.2, 0.25) is 0 Å². The van der Waals surface area contributed by atoms with Crippen LogP contribution in [0.25, 0.3) is 0 Å². The van der Waals surface area contributed by atoms with Gasteiger partial charge in [0, 0.05) is 9.77 Å². The number of para-hydroxylation sites is 2. The Morgan fingerprint density at radius 2 is 2.06 bits per heavy atom. The van der Waals surface area contributed by atoms with E-state index in [-0.39, 0.29) is 0 Å². The van der Waals surface area contributed by atoms with Crippen molar-refractivity contribution in [2.24, 2.45) is 0 Å². The van der Waals surface area contributed by atoms with Crippen LogP contribution in [-0.4, -0.2) is 12.1 Å².